The van der Waals surface area contributed by atoms with Crippen LogP contribution in [0.2, 0.25) is 0 Å². The van der Waals surface area contributed by atoms with E-state index in [0.717, 1.165) is 31.0 Å². The summed E-state index contributed by atoms with van der Waals surface area (Å²) in [5.41, 5.74) is 0.917. The molecule has 0 atom stereocenters. The average Bonchev–Trinajstić information content (AvgIpc) is 2.67. The van der Waals surface area contributed by atoms with E-state index in [1.165, 1.54) is 0 Å². The number of nitrogens with zero attached hydrogens (tertiary/aromatic N) is 1. The molecule has 1 aromatic heterocycles. The van der Waals surface area contributed by atoms with E-state index in [1.54, 1.807) is 6.08 Å². The summed E-state index contributed by atoms with van der Waals surface area (Å²) in [5, 5.41) is 7.18. The summed E-state index contributed by atoms with van der Waals surface area (Å²) >= 11 is 0. The molecule has 0 aliphatic carbocycles. The molecular formula is C11H18N2O2. The van der Waals surface area contributed by atoms with Crippen molar-refractivity contribution in [2.24, 2.45) is 0 Å². The van der Waals surface area contributed by atoms with Gasteiger partial charge < -0.3 is 14.6 Å². The van der Waals surface area contributed by atoms with Crippen molar-refractivity contribution in [2.75, 3.05) is 13.2 Å². The number of hydrogen-bond acceptors (Lipinski definition) is 4. The van der Waals surface area contributed by atoms with Crippen molar-refractivity contribution in [1.29, 1.82) is 0 Å². The highest BCUT2D eigenvalue weighted by Crippen LogP contribution is 2.04. The highest BCUT2D eigenvalue weighted by Gasteiger charge is 2.02. The summed E-state index contributed by atoms with van der Waals surface area (Å²) in [6, 6.07) is 1.91. The molecular weight excluding hydrogens is 192 g/mol. The second kappa shape index (κ2) is 7.20. The zero-order chi connectivity index (χ0) is 10.9. The molecule has 0 bridgehead atoms. The van der Waals surface area contributed by atoms with Gasteiger partial charge >= 0.3 is 0 Å². The number of nitrogens with one attached hydrogen (secondary N) is 1. The number of aromatic nitrogens is 1. The third kappa shape index (κ3) is 4.76. The van der Waals surface area contributed by atoms with Gasteiger partial charge in [-0.25, -0.2) is 0 Å². The number of hydrogen-bond donors (Lipinski definition) is 1. The number of rotatable bonds is 8. The lowest BCUT2D eigenvalue weighted by atomic mass is 10.3. The van der Waals surface area contributed by atoms with Crippen LogP contribution >= 0.6 is 0 Å². The first-order valence-corrected chi connectivity index (χ1v) is 5.20. The van der Waals surface area contributed by atoms with Crippen molar-refractivity contribution >= 4 is 0 Å². The van der Waals surface area contributed by atoms with Gasteiger partial charge in [0.1, 0.15) is 6.61 Å². The Morgan fingerprint density at radius 2 is 2.53 bits per heavy atom. The maximum Gasteiger partial charge on any atom is 0.162 e. The lowest BCUT2D eigenvalue weighted by molar-refractivity contribution is 0.125. The minimum Gasteiger partial charge on any atom is -0.369 e. The molecule has 1 aromatic rings. The molecule has 84 valence electrons. The molecule has 1 heterocycles. The Balaban J connectivity index is 2.25. The van der Waals surface area contributed by atoms with E-state index in [1.807, 2.05) is 6.07 Å². The fourth-order valence-corrected chi connectivity index (χ4v) is 1.14. The third-order valence-corrected chi connectivity index (χ3v) is 1.82. The van der Waals surface area contributed by atoms with E-state index in [2.05, 4.69) is 24.0 Å². The highest BCUT2D eigenvalue weighted by molar-refractivity contribution is 5.04. The molecule has 0 unspecified atom stereocenters. The van der Waals surface area contributed by atoms with E-state index in [9.17, 15) is 0 Å². The fraction of sp³-hybridized carbons (Fsp3) is 0.545. The lowest BCUT2D eigenvalue weighted by Crippen LogP contribution is -2.13. The first kappa shape index (κ1) is 11.9. The van der Waals surface area contributed by atoms with Crippen LogP contribution in [0, 0.1) is 0 Å². The van der Waals surface area contributed by atoms with Crippen LogP contribution in [0.25, 0.3) is 0 Å². The van der Waals surface area contributed by atoms with Crippen LogP contribution in [0.4, 0.5) is 0 Å². The lowest BCUT2D eigenvalue weighted by Gasteiger charge is -1.96. The van der Waals surface area contributed by atoms with Crippen molar-refractivity contribution in [3.63, 3.8) is 0 Å². The molecule has 0 fully saturated rings. The van der Waals surface area contributed by atoms with Gasteiger partial charge in [0.15, 0.2) is 5.76 Å². The minimum atomic E-state index is 0.451. The molecule has 0 radical (unpaired) electrons. The second-order valence-corrected chi connectivity index (χ2v) is 3.27. The zero-order valence-electron chi connectivity index (χ0n) is 9.16. The first-order chi connectivity index (χ1) is 7.36. The van der Waals surface area contributed by atoms with E-state index in [4.69, 9.17) is 9.26 Å². The van der Waals surface area contributed by atoms with E-state index < -0.39 is 0 Å². The van der Waals surface area contributed by atoms with E-state index >= 15 is 0 Å². The molecule has 4 heteroatoms. The van der Waals surface area contributed by atoms with E-state index in [-0.39, 0.29) is 0 Å². The van der Waals surface area contributed by atoms with Gasteiger partial charge in [0.05, 0.1) is 12.3 Å². The van der Waals surface area contributed by atoms with Gasteiger partial charge in [-0.1, -0.05) is 18.2 Å². The summed E-state index contributed by atoms with van der Waals surface area (Å²) < 4.78 is 10.3. The standard InChI is InChI=1S/C11H18N2O2/c1-3-5-12-8-10-7-11(15-13-10)9-14-6-4-2/h4,7,12H,2-3,5-6,8-9H2,1H3. The van der Waals surface area contributed by atoms with Gasteiger partial charge in [-0.15, -0.1) is 6.58 Å². The topological polar surface area (TPSA) is 47.3 Å². The van der Waals surface area contributed by atoms with Gasteiger partial charge in [-0.2, -0.15) is 0 Å². The quantitative estimate of drug-likeness (QED) is 0.525. The van der Waals surface area contributed by atoms with E-state index in [0.29, 0.717) is 13.2 Å². The summed E-state index contributed by atoms with van der Waals surface area (Å²) in [6.07, 6.45) is 2.83. The summed E-state index contributed by atoms with van der Waals surface area (Å²) in [7, 11) is 0. The normalized spacial score (nSPS) is 10.5. The third-order valence-electron chi connectivity index (χ3n) is 1.82. The van der Waals surface area contributed by atoms with Crippen molar-refractivity contribution in [3.05, 3.63) is 30.2 Å². The van der Waals surface area contributed by atoms with Gasteiger partial charge in [-0.3, -0.25) is 0 Å². The van der Waals surface area contributed by atoms with Crippen LogP contribution in [0.1, 0.15) is 24.8 Å². The van der Waals surface area contributed by atoms with Gasteiger partial charge in [-0.05, 0) is 13.0 Å². The summed E-state index contributed by atoms with van der Waals surface area (Å²) in [5.74, 6) is 0.755. The van der Waals surface area contributed by atoms with Crippen molar-refractivity contribution < 1.29 is 9.26 Å². The first-order valence-electron chi connectivity index (χ1n) is 5.20. The molecule has 1 N–H and O–H groups in total. The molecule has 1 rings (SSSR count). The van der Waals surface area contributed by atoms with Crippen LogP contribution in [0.3, 0.4) is 0 Å². The molecule has 0 aliphatic rings. The predicted octanol–water partition coefficient (Wildman–Crippen LogP) is 1.88. The van der Waals surface area contributed by atoms with Gasteiger partial charge in [0.25, 0.3) is 0 Å². The van der Waals surface area contributed by atoms with Crippen molar-refractivity contribution in [3.8, 4) is 0 Å². The van der Waals surface area contributed by atoms with Crippen LogP contribution in [-0.4, -0.2) is 18.3 Å². The Morgan fingerprint density at radius 1 is 1.67 bits per heavy atom. The second-order valence-electron chi connectivity index (χ2n) is 3.27. The Hall–Kier alpha value is -1.13. The highest BCUT2D eigenvalue weighted by atomic mass is 16.5. The molecule has 0 spiro atoms. The molecule has 0 saturated carbocycles. The molecule has 4 nitrogen and oxygen atoms in total. The van der Waals surface area contributed by atoms with Crippen molar-refractivity contribution in [1.82, 2.24) is 10.5 Å². The number of ether oxygens (including phenoxy) is 1. The van der Waals surface area contributed by atoms with Gasteiger partial charge in [0.2, 0.25) is 0 Å². The Kier molecular flexibility index (Phi) is 5.73. The Labute approximate surface area is 90.3 Å². The van der Waals surface area contributed by atoms with Crippen LogP contribution in [0.5, 0.6) is 0 Å². The Morgan fingerprint density at radius 3 is 3.27 bits per heavy atom. The molecule has 0 aromatic carbocycles. The van der Waals surface area contributed by atoms with Crippen molar-refractivity contribution in [2.45, 2.75) is 26.5 Å². The fourth-order valence-electron chi connectivity index (χ4n) is 1.14. The molecule has 15 heavy (non-hydrogen) atoms. The van der Waals surface area contributed by atoms with Crippen LogP contribution in [-0.2, 0) is 17.9 Å². The largest absolute Gasteiger partial charge is 0.369 e. The summed E-state index contributed by atoms with van der Waals surface area (Å²) in [4.78, 5) is 0. The maximum atomic E-state index is 5.24. The predicted molar refractivity (Wildman–Crippen MR) is 58.4 cm³/mol. The molecule has 0 saturated heterocycles. The molecule has 0 amide bonds. The van der Waals surface area contributed by atoms with Gasteiger partial charge in [0, 0.05) is 12.6 Å². The monoisotopic (exact) mass is 210 g/mol. The summed E-state index contributed by atoms with van der Waals surface area (Å²) in [6.45, 7) is 8.42. The molecule has 0 aliphatic heterocycles. The van der Waals surface area contributed by atoms with Crippen LogP contribution < -0.4 is 5.32 Å². The smallest absolute Gasteiger partial charge is 0.162 e. The average molecular weight is 210 g/mol. The maximum absolute atomic E-state index is 5.24. The van der Waals surface area contributed by atoms with Crippen LogP contribution in [0.15, 0.2) is 23.2 Å². The SMILES string of the molecule is C=CCOCc1cc(CNCCC)no1. The zero-order valence-corrected chi connectivity index (χ0v) is 9.16. The minimum absolute atomic E-state index is 0.451. The Bertz CT molecular complexity index is 284.